The second kappa shape index (κ2) is 9.58. The summed E-state index contributed by atoms with van der Waals surface area (Å²) >= 11 is 4.15. The number of halogens is 1. The van der Waals surface area contributed by atoms with Crippen LogP contribution in [0.3, 0.4) is 0 Å². The molecule has 1 saturated heterocycles. The van der Waals surface area contributed by atoms with Gasteiger partial charge in [0, 0.05) is 15.7 Å². The highest BCUT2D eigenvalue weighted by Crippen LogP contribution is 2.36. The molecule has 162 valence electrons. The van der Waals surface area contributed by atoms with E-state index in [1.54, 1.807) is 30.3 Å². The van der Waals surface area contributed by atoms with Crippen LogP contribution in [0.15, 0.2) is 70.0 Å². The van der Waals surface area contributed by atoms with Gasteiger partial charge in [0.15, 0.2) is 0 Å². The molecule has 3 aromatic carbocycles. The highest BCUT2D eigenvalue weighted by molar-refractivity contribution is 9.10. The number of hydrogen-bond acceptors (Lipinski definition) is 5. The second-order valence-electron chi connectivity index (χ2n) is 6.95. The molecule has 0 spiro atoms. The van der Waals surface area contributed by atoms with Crippen molar-refractivity contribution < 1.29 is 19.1 Å². The van der Waals surface area contributed by atoms with Crippen molar-refractivity contribution in [2.75, 3.05) is 18.5 Å². The van der Waals surface area contributed by atoms with Crippen LogP contribution >= 0.6 is 27.7 Å². The highest BCUT2D eigenvalue weighted by Gasteiger charge is 2.36. The molecule has 1 aliphatic heterocycles. The van der Waals surface area contributed by atoms with Crippen molar-refractivity contribution in [3.63, 3.8) is 0 Å². The lowest BCUT2D eigenvalue weighted by atomic mass is 10.0. The van der Waals surface area contributed by atoms with E-state index in [4.69, 9.17) is 4.74 Å². The molecule has 6 nitrogen and oxygen atoms in total. The predicted octanol–water partition coefficient (Wildman–Crippen LogP) is 5.68. The monoisotopic (exact) mass is 510 g/mol. The van der Waals surface area contributed by atoms with Crippen LogP contribution in [-0.2, 0) is 9.59 Å². The van der Waals surface area contributed by atoms with Gasteiger partial charge in [-0.3, -0.25) is 19.3 Å². The van der Waals surface area contributed by atoms with E-state index >= 15 is 0 Å². The van der Waals surface area contributed by atoms with E-state index in [2.05, 4.69) is 21.2 Å². The maximum atomic E-state index is 12.9. The van der Waals surface area contributed by atoms with Crippen molar-refractivity contribution in [1.82, 2.24) is 4.90 Å². The van der Waals surface area contributed by atoms with Gasteiger partial charge < -0.3 is 10.1 Å². The van der Waals surface area contributed by atoms with Gasteiger partial charge in [0.2, 0.25) is 5.91 Å². The molecule has 4 rings (SSSR count). The molecule has 1 N–H and O–H groups in total. The summed E-state index contributed by atoms with van der Waals surface area (Å²) in [6, 6.07) is 18.6. The fourth-order valence-corrected chi connectivity index (χ4v) is 4.43. The van der Waals surface area contributed by atoms with Crippen molar-refractivity contribution in [2.45, 2.75) is 6.92 Å². The summed E-state index contributed by atoms with van der Waals surface area (Å²) in [6.07, 6.45) is 1.67. The van der Waals surface area contributed by atoms with Gasteiger partial charge in [0.25, 0.3) is 11.1 Å². The zero-order valence-corrected chi connectivity index (χ0v) is 19.5. The first-order chi connectivity index (χ1) is 15.5. The third-order valence-electron chi connectivity index (χ3n) is 4.81. The van der Waals surface area contributed by atoms with Crippen LogP contribution in [0.2, 0.25) is 0 Å². The summed E-state index contributed by atoms with van der Waals surface area (Å²) in [5.41, 5.74) is 1.31. The van der Waals surface area contributed by atoms with E-state index in [-0.39, 0.29) is 11.4 Å². The van der Waals surface area contributed by atoms with E-state index in [0.29, 0.717) is 18.0 Å². The maximum absolute atomic E-state index is 12.9. The first-order valence-electron chi connectivity index (χ1n) is 9.91. The van der Waals surface area contributed by atoms with Gasteiger partial charge in [-0.2, -0.15) is 0 Å². The average molecular weight is 511 g/mol. The van der Waals surface area contributed by atoms with Crippen LogP contribution in [-0.4, -0.2) is 35.1 Å². The number of hydrogen-bond donors (Lipinski definition) is 1. The lowest BCUT2D eigenvalue weighted by molar-refractivity contribution is -0.127. The number of imide groups is 1. The second-order valence-corrected chi connectivity index (χ2v) is 8.86. The molecule has 3 amide bonds. The molecular weight excluding hydrogens is 492 g/mol. The lowest BCUT2D eigenvalue weighted by Gasteiger charge is -2.13. The molecule has 1 aliphatic rings. The Kier molecular flexibility index (Phi) is 6.62. The third-order valence-corrected chi connectivity index (χ3v) is 6.25. The largest absolute Gasteiger partial charge is 0.493 e. The Labute approximate surface area is 197 Å². The van der Waals surface area contributed by atoms with Crippen molar-refractivity contribution >= 4 is 67.3 Å². The minimum atomic E-state index is -0.499. The zero-order valence-electron chi connectivity index (χ0n) is 17.1. The summed E-state index contributed by atoms with van der Waals surface area (Å²) in [5.74, 6) is -0.316. The molecule has 0 aliphatic carbocycles. The van der Waals surface area contributed by atoms with Crippen molar-refractivity contribution in [1.29, 1.82) is 0 Å². The Balaban J connectivity index is 1.58. The summed E-state index contributed by atoms with van der Waals surface area (Å²) < 4.78 is 6.63. The van der Waals surface area contributed by atoms with Crippen LogP contribution < -0.4 is 10.1 Å². The molecule has 0 atom stereocenters. The number of amides is 3. The van der Waals surface area contributed by atoms with E-state index < -0.39 is 17.1 Å². The minimum absolute atomic E-state index is 0.253. The van der Waals surface area contributed by atoms with Gasteiger partial charge in [0.1, 0.15) is 12.3 Å². The molecule has 1 heterocycles. The Morgan fingerprint density at radius 3 is 2.59 bits per heavy atom. The van der Waals surface area contributed by atoms with Gasteiger partial charge in [0.05, 0.1) is 11.5 Å². The first-order valence-corrected chi connectivity index (χ1v) is 11.5. The number of carbonyl (C=O) groups excluding carboxylic acids is 3. The van der Waals surface area contributed by atoms with Gasteiger partial charge in [-0.15, -0.1) is 0 Å². The van der Waals surface area contributed by atoms with E-state index in [9.17, 15) is 14.4 Å². The topological polar surface area (TPSA) is 75.7 Å². The minimum Gasteiger partial charge on any atom is -0.493 e. The predicted molar refractivity (Wildman–Crippen MR) is 131 cm³/mol. The third kappa shape index (κ3) is 4.71. The van der Waals surface area contributed by atoms with Crippen molar-refractivity contribution in [3.05, 3.63) is 75.6 Å². The molecule has 1 fully saturated rings. The van der Waals surface area contributed by atoms with Crippen molar-refractivity contribution in [2.24, 2.45) is 0 Å². The average Bonchev–Trinajstić information content (AvgIpc) is 3.04. The molecule has 0 saturated carbocycles. The van der Waals surface area contributed by atoms with E-state index in [1.165, 1.54) is 0 Å². The number of benzene rings is 3. The normalized spacial score (nSPS) is 14.9. The number of thioether (sulfide) groups is 1. The van der Waals surface area contributed by atoms with E-state index in [0.717, 1.165) is 37.5 Å². The summed E-state index contributed by atoms with van der Waals surface area (Å²) in [4.78, 5) is 39.1. The number of nitrogens with one attached hydrogen (secondary N) is 1. The molecule has 0 bridgehead atoms. The molecule has 32 heavy (non-hydrogen) atoms. The molecule has 0 aromatic heterocycles. The molecule has 0 unspecified atom stereocenters. The van der Waals surface area contributed by atoms with Crippen LogP contribution in [0, 0.1) is 0 Å². The molecular formula is C24H19BrN2O4S. The van der Waals surface area contributed by atoms with Crippen LogP contribution in [0.1, 0.15) is 12.5 Å². The quantitative estimate of drug-likeness (QED) is 0.432. The number of nitrogens with zero attached hydrogens (tertiary/aromatic N) is 1. The molecule has 0 radical (unpaired) electrons. The van der Waals surface area contributed by atoms with Crippen LogP contribution in [0.4, 0.5) is 10.5 Å². The van der Waals surface area contributed by atoms with Crippen LogP contribution in [0.5, 0.6) is 5.75 Å². The Morgan fingerprint density at radius 1 is 1.09 bits per heavy atom. The number of fused-ring (bicyclic) bond motifs is 1. The Bertz CT molecular complexity index is 1240. The Hall–Kier alpha value is -3.10. The fraction of sp³-hybridized carbons (Fsp3) is 0.125. The lowest BCUT2D eigenvalue weighted by Crippen LogP contribution is -2.36. The van der Waals surface area contributed by atoms with Gasteiger partial charge in [-0.1, -0.05) is 46.3 Å². The summed E-state index contributed by atoms with van der Waals surface area (Å²) in [6.45, 7) is 2.00. The first kappa shape index (κ1) is 22.1. The standard InChI is InChI=1S/C24H19BrN2O4S/c1-2-31-20-12-7-15-5-3-4-6-18(15)19(20)13-21-23(29)27(24(30)32-21)14-22(28)26-17-10-8-16(25)9-11-17/h3-13H,2,14H2,1H3,(H,26,28)/b21-13+. The zero-order chi connectivity index (χ0) is 22.7. The smallest absolute Gasteiger partial charge is 0.294 e. The van der Waals surface area contributed by atoms with Gasteiger partial charge in [-0.25, -0.2) is 0 Å². The SMILES string of the molecule is CCOc1ccc2ccccc2c1/C=C1/SC(=O)N(CC(=O)Nc2ccc(Br)cc2)C1=O. The van der Waals surface area contributed by atoms with Crippen molar-refractivity contribution in [3.8, 4) is 5.75 Å². The fourth-order valence-electron chi connectivity index (χ4n) is 3.35. The van der Waals surface area contributed by atoms with E-state index in [1.807, 2.05) is 43.3 Å². The Morgan fingerprint density at radius 2 is 1.84 bits per heavy atom. The number of ether oxygens (including phenoxy) is 1. The number of carbonyl (C=O) groups is 3. The maximum Gasteiger partial charge on any atom is 0.294 e. The number of rotatable bonds is 6. The van der Waals surface area contributed by atoms with Crippen LogP contribution in [0.25, 0.3) is 16.8 Å². The van der Waals surface area contributed by atoms with Gasteiger partial charge in [-0.05, 0) is 65.9 Å². The molecule has 3 aromatic rings. The number of anilines is 1. The summed E-state index contributed by atoms with van der Waals surface area (Å²) in [5, 5.41) is 4.13. The highest BCUT2D eigenvalue weighted by atomic mass is 79.9. The van der Waals surface area contributed by atoms with Gasteiger partial charge >= 0.3 is 0 Å². The summed E-state index contributed by atoms with van der Waals surface area (Å²) in [7, 11) is 0. The molecule has 8 heteroatoms.